The molecule has 4 nitrogen and oxygen atoms in total. The minimum Gasteiger partial charge on any atom is -0.545 e. The predicted octanol–water partition coefficient (Wildman–Crippen LogP) is -1.22. The molecule has 5 aromatic carbocycles. The average molecular weight is 569 g/mol. The molecule has 5 rings (SSSR count). The zero-order valence-corrected chi connectivity index (χ0v) is 27.9. The molecule has 0 unspecified atom stereocenters. The van der Waals surface area contributed by atoms with Crippen LogP contribution in [-0.2, 0) is 0 Å². The van der Waals surface area contributed by atoms with E-state index in [2.05, 4.69) is 49.6 Å². The third kappa shape index (κ3) is 6.71. The van der Waals surface area contributed by atoms with Crippen molar-refractivity contribution in [3.8, 4) is 22.3 Å². The zero-order valence-electron chi connectivity index (χ0n) is 23.9. The Morgan fingerprint density at radius 1 is 0.595 bits per heavy atom. The summed E-state index contributed by atoms with van der Waals surface area (Å²) in [5, 5.41) is 29.0. The normalized spacial score (nSPS) is 11.5. The van der Waals surface area contributed by atoms with Crippen molar-refractivity contribution in [1.29, 1.82) is 0 Å². The summed E-state index contributed by atoms with van der Waals surface area (Å²) in [7, 11) is 0. The van der Waals surface area contributed by atoms with E-state index >= 15 is 0 Å². The Labute approximate surface area is 289 Å². The Kier molecular flexibility index (Phi) is 11.7. The molecule has 0 saturated heterocycles. The zero-order chi connectivity index (χ0) is 28.2. The summed E-state index contributed by atoms with van der Waals surface area (Å²) >= 11 is 0. The topological polar surface area (TPSA) is 80.3 Å². The molecule has 0 fully saturated rings. The van der Waals surface area contributed by atoms with E-state index < -0.39 is 11.9 Å². The number of allylic oxidation sites excluding steroid dienone is 2. The largest absolute Gasteiger partial charge is 1.00 e. The summed E-state index contributed by atoms with van der Waals surface area (Å²) in [6.07, 6.45) is 9.13. The van der Waals surface area contributed by atoms with Gasteiger partial charge in [-0.2, -0.15) is 0 Å². The number of aromatic carboxylic acids is 2. The summed E-state index contributed by atoms with van der Waals surface area (Å²) in [5.41, 5.74) is 3.90. The first-order valence-electron chi connectivity index (χ1n) is 13.0. The van der Waals surface area contributed by atoms with Crippen LogP contribution < -0.4 is 79.8 Å². The second-order valence-electron chi connectivity index (χ2n) is 9.51. The second-order valence-corrected chi connectivity index (χ2v) is 9.51. The van der Waals surface area contributed by atoms with Crippen LogP contribution in [0.25, 0.3) is 56.0 Å². The van der Waals surface area contributed by atoms with Gasteiger partial charge in [0.25, 0.3) is 0 Å². The molecule has 42 heavy (non-hydrogen) atoms. The summed E-state index contributed by atoms with van der Waals surface area (Å²) in [6.45, 7) is 7.84. The van der Waals surface area contributed by atoms with Gasteiger partial charge in [0, 0.05) is 0 Å². The minimum atomic E-state index is -1.23. The van der Waals surface area contributed by atoms with Gasteiger partial charge in [-0.25, -0.2) is 0 Å². The first-order valence-corrected chi connectivity index (χ1v) is 13.0. The van der Waals surface area contributed by atoms with Gasteiger partial charge in [-0.15, -0.1) is 13.2 Å². The molecule has 0 bridgehead atoms. The number of carbonyl (C=O) groups is 2. The maximum Gasteiger partial charge on any atom is 1.00 e. The van der Waals surface area contributed by atoms with Crippen LogP contribution in [-0.4, -0.2) is 11.9 Å². The van der Waals surface area contributed by atoms with Crippen molar-refractivity contribution in [2.75, 3.05) is 0 Å². The third-order valence-electron chi connectivity index (χ3n) is 7.05. The van der Waals surface area contributed by atoms with E-state index in [9.17, 15) is 19.8 Å². The molecule has 0 amide bonds. The van der Waals surface area contributed by atoms with Gasteiger partial charge in [0.2, 0.25) is 0 Å². The molecular weight excluding hydrogens is 542 g/mol. The van der Waals surface area contributed by atoms with Gasteiger partial charge in [-0.05, 0) is 90.3 Å². The molecule has 6 heteroatoms. The van der Waals surface area contributed by atoms with Crippen LogP contribution in [0.4, 0.5) is 0 Å². The van der Waals surface area contributed by atoms with Gasteiger partial charge in [0.1, 0.15) is 0 Å². The van der Waals surface area contributed by atoms with E-state index in [1.165, 1.54) is 0 Å². The number of carbonyl (C=O) groups excluding carboxylic acids is 2. The average Bonchev–Trinajstić information content (AvgIpc) is 2.97. The molecule has 196 valence electrons. The third-order valence-corrected chi connectivity index (χ3v) is 7.05. The Balaban J connectivity index is 0.00000242. The van der Waals surface area contributed by atoms with E-state index in [1.54, 1.807) is 24.3 Å². The van der Waals surface area contributed by atoms with Gasteiger partial charge < -0.3 is 19.8 Å². The maximum atomic E-state index is 11.5. The quantitative estimate of drug-likeness (QED) is 0.134. The van der Waals surface area contributed by atoms with Crippen molar-refractivity contribution in [2.24, 2.45) is 0 Å². The molecule has 0 radical (unpaired) electrons. The molecule has 0 N–H and O–H groups in total. The van der Waals surface area contributed by atoms with E-state index in [0.717, 1.165) is 54.2 Å². The smallest absolute Gasteiger partial charge is 0.545 e. The fraction of sp³-hybridized carbons (Fsp3) is 0.0556. The van der Waals surface area contributed by atoms with E-state index in [-0.39, 0.29) is 70.2 Å². The predicted molar refractivity (Wildman–Crippen MR) is 159 cm³/mol. The van der Waals surface area contributed by atoms with E-state index in [4.69, 9.17) is 0 Å². The number of benzene rings is 5. The Hall–Kier alpha value is -3.22. The number of hydrogen-bond donors (Lipinski definition) is 0. The summed E-state index contributed by atoms with van der Waals surface area (Å²) in [4.78, 5) is 22.9. The van der Waals surface area contributed by atoms with Crippen molar-refractivity contribution >= 4 is 45.6 Å². The number of carboxylic acid groups (broad SMARTS) is 2. The Bertz CT molecular complexity index is 1780. The standard InChI is InChI=1S/C36H28O4.2Na/c1-3-5-11-29-30(12-6-4-2)34(24-15-19-26(20-16-24)36(39)40)32-22-28-10-8-7-9-27(28)21-31(32)33(29)23-13-17-25(18-14-23)35(37)38;;/h3-4,7-22H,1-2,5-6H2,(H,37,38)(H,39,40);;/q;2*+1/p-2/b29-11+,30-12+;;. The monoisotopic (exact) mass is 568 g/mol. The van der Waals surface area contributed by atoms with Gasteiger partial charge in [0.15, 0.2) is 0 Å². The molecule has 0 saturated carbocycles. The van der Waals surface area contributed by atoms with E-state index in [1.807, 2.05) is 48.6 Å². The van der Waals surface area contributed by atoms with Crippen LogP contribution in [0, 0.1) is 0 Å². The molecule has 5 aromatic rings. The minimum absolute atomic E-state index is 0. The molecule has 0 spiro atoms. The van der Waals surface area contributed by atoms with E-state index in [0.29, 0.717) is 12.8 Å². The maximum absolute atomic E-state index is 11.5. The van der Waals surface area contributed by atoms with Gasteiger partial charge >= 0.3 is 59.1 Å². The Morgan fingerprint density at radius 3 is 1.26 bits per heavy atom. The molecule has 0 aliphatic rings. The number of fused-ring (bicyclic) bond motifs is 2. The van der Waals surface area contributed by atoms with Crippen molar-refractivity contribution in [2.45, 2.75) is 12.8 Å². The van der Waals surface area contributed by atoms with Gasteiger partial charge in [-0.1, -0.05) is 97.1 Å². The SMILES string of the molecule is C=CC/C=c1/c(-c2ccc(C(=O)[O-])cc2)c2cc3ccccc3cc2c(-c2ccc(C(=O)[O-])cc2)/c1=C/CC=C.[Na+].[Na+]. The first-order chi connectivity index (χ1) is 19.4. The van der Waals surface area contributed by atoms with Crippen LogP contribution >= 0.6 is 0 Å². The summed E-state index contributed by atoms with van der Waals surface area (Å²) in [5.74, 6) is -2.45. The Morgan fingerprint density at radius 2 is 0.952 bits per heavy atom. The van der Waals surface area contributed by atoms with Gasteiger partial charge in [-0.3, -0.25) is 0 Å². The van der Waals surface area contributed by atoms with Gasteiger partial charge in [0.05, 0.1) is 11.9 Å². The van der Waals surface area contributed by atoms with Crippen molar-refractivity contribution in [3.63, 3.8) is 0 Å². The fourth-order valence-electron chi connectivity index (χ4n) is 5.21. The van der Waals surface area contributed by atoms with Crippen molar-refractivity contribution in [1.82, 2.24) is 0 Å². The molecule has 0 aliphatic heterocycles. The van der Waals surface area contributed by atoms with Crippen LogP contribution in [0.1, 0.15) is 33.6 Å². The summed E-state index contributed by atoms with van der Waals surface area (Å²) in [6, 6.07) is 26.0. The number of rotatable bonds is 8. The fourth-order valence-corrected chi connectivity index (χ4v) is 5.21. The van der Waals surface area contributed by atoms with Crippen LogP contribution in [0.3, 0.4) is 0 Å². The molecule has 0 aromatic heterocycles. The van der Waals surface area contributed by atoms with Crippen molar-refractivity contribution in [3.05, 3.63) is 132 Å². The summed E-state index contributed by atoms with van der Waals surface area (Å²) < 4.78 is 0. The van der Waals surface area contributed by atoms with Crippen LogP contribution in [0.2, 0.25) is 0 Å². The van der Waals surface area contributed by atoms with Crippen LogP contribution in [0.15, 0.2) is 110 Å². The molecule has 0 aliphatic carbocycles. The first kappa shape index (κ1) is 33.3. The van der Waals surface area contributed by atoms with Crippen LogP contribution in [0.5, 0.6) is 0 Å². The molecule has 0 atom stereocenters. The van der Waals surface area contributed by atoms with Crippen molar-refractivity contribution < 1.29 is 78.9 Å². The molecular formula is C36H26Na2O4. The number of hydrogen-bond acceptors (Lipinski definition) is 4. The second kappa shape index (κ2) is 14.8. The molecule has 0 heterocycles. The number of carboxylic acids is 2.